The molecule has 0 saturated carbocycles. The molecule has 132 valence electrons. The van der Waals surface area contributed by atoms with E-state index in [1.807, 2.05) is 12.3 Å². The van der Waals surface area contributed by atoms with Crippen LogP contribution in [-0.4, -0.2) is 66.4 Å². The van der Waals surface area contributed by atoms with Gasteiger partial charge in [0.2, 0.25) is 0 Å². The number of aromatic nitrogens is 1. The van der Waals surface area contributed by atoms with Crippen LogP contribution in [0, 0.1) is 0 Å². The van der Waals surface area contributed by atoms with Gasteiger partial charge in [0.05, 0.1) is 11.5 Å². The molecule has 0 amide bonds. The topological polar surface area (TPSA) is 53.5 Å². The van der Waals surface area contributed by atoms with Gasteiger partial charge < -0.3 is 0 Å². The number of allylic oxidation sites excluding steroid dienone is 1. The van der Waals surface area contributed by atoms with Crippen LogP contribution in [-0.2, 0) is 16.4 Å². The van der Waals surface area contributed by atoms with Crippen LogP contribution in [0.25, 0.3) is 0 Å². The highest BCUT2D eigenvalue weighted by atomic mass is 32.2. The lowest BCUT2D eigenvalue weighted by molar-refractivity contribution is 0.0478. The number of hydrogen-bond donors (Lipinski definition) is 0. The zero-order chi connectivity index (χ0) is 17.0. The number of nitrogens with zero attached hydrogens (tertiary/aromatic N) is 3. The molecular formula is C18H27N3O2S. The van der Waals surface area contributed by atoms with Crippen molar-refractivity contribution in [2.75, 3.05) is 31.1 Å². The van der Waals surface area contributed by atoms with E-state index < -0.39 is 9.84 Å². The van der Waals surface area contributed by atoms with E-state index in [0.717, 1.165) is 44.6 Å². The number of fused-ring (bicyclic) bond motifs is 1. The summed E-state index contributed by atoms with van der Waals surface area (Å²) in [6.07, 6.45) is 10.3. The molecule has 0 aliphatic carbocycles. The number of pyridine rings is 1. The molecule has 0 aromatic carbocycles. The van der Waals surface area contributed by atoms with Gasteiger partial charge in [0.15, 0.2) is 9.84 Å². The van der Waals surface area contributed by atoms with Gasteiger partial charge in [-0.05, 0) is 18.1 Å². The van der Waals surface area contributed by atoms with Crippen LogP contribution in [0.4, 0.5) is 0 Å². The van der Waals surface area contributed by atoms with E-state index in [4.69, 9.17) is 0 Å². The van der Waals surface area contributed by atoms with Crippen LogP contribution in [0.5, 0.6) is 0 Å². The van der Waals surface area contributed by atoms with Gasteiger partial charge in [0, 0.05) is 50.7 Å². The molecule has 0 radical (unpaired) electrons. The molecule has 2 aliphatic rings. The van der Waals surface area contributed by atoms with Gasteiger partial charge >= 0.3 is 0 Å². The van der Waals surface area contributed by atoms with Crippen LogP contribution in [0.2, 0.25) is 0 Å². The number of sulfone groups is 1. The quantitative estimate of drug-likeness (QED) is 0.732. The predicted molar refractivity (Wildman–Crippen MR) is 96.5 cm³/mol. The minimum absolute atomic E-state index is 0.100. The number of piperazine rings is 1. The summed E-state index contributed by atoms with van der Waals surface area (Å²) in [6.45, 7) is 5.64. The van der Waals surface area contributed by atoms with Gasteiger partial charge in [-0.2, -0.15) is 0 Å². The first kappa shape index (κ1) is 17.6. The average Bonchev–Trinajstić information content (AvgIpc) is 2.90. The van der Waals surface area contributed by atoms with Crippen molar-refractivity contribution in [3.8, 4) is 0 Å². The van der Waals surface area contributed by atoms with Gasteiger partial charge in [-0.15, -0.1) is 0 Å². The van der Waals surface area contributed by atoms with E-state index in [-0.39, 0.29) is 17.8 Å². The third-order valence-electron chi connectivity index (χ3n) is 4.98. The average molecular weight is 350 g/mol. The Hall–Kier alpha value is -1.24. The Morgan fingerprint density at radius 3 is 2.67 bits per heavy atom. The van der Waals surface area contributed by atoms with Crippen molar-refractivity contribution < 1.29 is 8.42 Å². The fraction of sp³-hybridized carbons (Fsp3) is 0.611. The van der Waals surface area contributed by atoms with Crippen LogP contribution in [0.3, 0.4) is 0 Å². The lowest BCUT2D eigenvalue weighted by Crippen LogP contribution is -2.58. The molecule has 24 heavy (non-hydrogen) atoms. The molecule has 3 heterocycles. The Morgan fingerprint density at radius 1 is 1.21 bits per heavy atom. The Bertz CT molecular complexity index is 660. The first-order valence-corrected chi connectivity index (χ1v) is 10.6. The Morgan fingerprint density at radius 2 is 1.96 bits per heavy atom. The summed E-state index contributed by atoms with van der Waals surface area (Å²) < 4.78 is 24.5. The standard InChI is InChI=1S/C18H27N3O2S/c1-2-3-4-5-9-20-10-11-21(13-16-7-6-8-19-12-16)18-15-24(22,23)14-17(18)20/h4-8,12,17-18H,2-3,9-11,13-15H2,1H3/t17-,18+/m0/s1. The molecular weight excluding hydrogens is 322 g/mol. The first-order valence-electron chi connectivity index (χ1n) is 8.81. The summed E-state index contributed by atoms with van der Waals surface area (Å²) in [7, 11) is -2.95. The first-order chi connectivity index (χ1) is 11.6. The second kappa shape index (κ2) is 7.76. The molecule has 2 saturated heterocycles. The predicted octanol–water partition coefficient (Wildman–Crippen LogP) is 1.72. The fourth-order valence-electron chi connectivity index (χ4n) is 3.74. The monoisotopic (exact) mass is 349 g/mol. The Kier molecular flexibility index (Phi) is 5.69. The highest BCUT2D eigenvalue weighted by molar-refractivity contribution is 7.91. The minimum Gasteiger partial charge on any atom is -0.293 e. The molecule has 2 fully saturated rings. The number of rotatable bonds is 6. The van der Waals surface area contributed by atoms with E-state index >= 15 is 0 Å². The van der Waals surface area contributed by atoms with E-state index in [1.54, 1.807) is 6.20 Å². The highest BCUT2D eigenvalue weighted by Gasteiger charge is 2.45. The lowest BCUT2D eigenvalue weighted by atomic mass is 10.0. The SMILES string of the molecule is CCCC=CCN1CCN(Cc2cccnc2)[C@@H]2CS(=O)(=O)C[C@@H]21. The van der Waals surface area contributed by atoms with E-state index in [1.165, 1.54) is 0 Å². The van der Waals surface area contributed by atoms with E-state index in [2.05, 4.69) is 39.9 Å². The third kappa shape index (κ3) is 4.23. The molecule has 0 N–H and O–H groups in total. The van der Waals surface area contributed by atoms with Crippen molar-refractivity contribution in [1.82, 2.24) is 14.8 Å². The van der Waals surface area contributed by atoms with Gasteiger partial charge in [-0.3, -0.25) is 14.8 Å². The normalized spacial score (nSPS) is 27.5. The van der Waals surface area contributed by atoms with Gasteiger partial charge in [0.25, 0.3) is 0 Å². The molecule has 1 aromatic rings. The van der Waals surface area contributed by atoms with Gasteiger partial charge in [0.1, 0.15) is 0 Å². The molecule has 3 rings (SSSR count). The molecule has 0 spiro atoms. The van der Waals surface area contributed by atoms with Crippen molar-refractivity contribution in [1.29, 1.82) is 0 Å². The zero-order valence-electron chi connectivity index (χ0n) is 14.3. The molecule has 6 heteroatoms. The maximum absolute atomic E-state index is 12.2. The molecule has 2 atom stereocenters. The lowest BCUT2D eigenvalue weighted by Gasteiger charge is -2.43. The zero-order valence-corrected chi connectivity index (χ0v) is 15.2. The van der Waals surface area contributed by atoms with Crippen LogP contribution in [0.1, 0.15) is 25.3 Å². The van der Waals surface area contributed by atoms with Crippen molar-refractivity contribution in [2.24, 2.45) is 0 Å². The number of hydrogen-bond acceptors (Lipinski definition) is 5. The van der Waals surface area contributed by atoms with Crippen LogP contribution in [0.15, 0.2) is 36.7 Å². The second-order valence-electron chi connectivity index (χ2n) is 6.80. The number of unbranched alkanes of at least 4 members (excludes halogenated alkanes) is 1. The fourth-order valence-corrected chi connectivity index (χ4v) is 5.78. The Labute approximate surface area is 145 Å². The second-order valence-corrected chi connectivity index (χ2v) is 8.95. The van der Waals surface area contributed by atoms with E-state index in [9.17, 15) is 8.42 Å². The Balaban J connectivity index is 1.70. The van der Waals surface area contributed by atoms with E-state index in [0.29, 0.717) is 5.75 Å². The summed E-state index contributed by atoms with van der Waals surface area (Å²) in [5, 5.41) is 0. The van der Waals surface area contributed by atoms with Gasteiger partial charge in [-0.1, -0.05) is 31.6 Å². The highest BCUT2D eigenvalue weighted by Crippen LogP contribution is 2.28. The molecule has 1 aromatic heterocycles. The molecule has 2 aliphatic heterocycles. The van der Waals surface area contributed by atoms with Crippen molar-refractivity contribution in [3.05, 3.63) is 42.2 Å². The summed E-state index contributed by atoms with van der Waals surface area (Å²) >= 11 is 0. The summed E-state index contributed by atoms with van der Waals surface area (Å²) in [6, 6.07) is 4.22. The third-order valence-corrected chi connectivity index (χ3v) is 6.68. The van der Waals surface area contributed by atoms with Crippen molar-refractivity contribution in [2.45, 2.75) is 38.4 Å². The smallest absolute Gasteiger partial charge is 0.153 e. The largest absolute Gasteiger partial charge is 0.293 e. The molecule has 5 nitrogen and oxygen atoms in total. The molecule has 0 unspecified atom stereocenters. The van der Waals surface area contributed by atoms with Gasteiger partial charge in [-0.25, -0.2) is 8.42 Å². The molecule has 0 bridgehead atoms. The maximum atomic E-state index is 12.2. The van der Waals surface area contributed by atoms with Crippen molar-refractivity contribution in [3.63, 3.8) is 0 Å². The summed E-state index contributed by atoms with van der Waals surface area (Å²) in [4.78, 5) is 8.85. The summed E-state index contributed by atoms with van der Waals surface area (Å²) in [5.41, 5.74) is 1.15. The van der Waals surface area contributed by atoms with Crippen molar-refractivity contribution >= 4 is 9.84 Å². The summed E-state index contributed by atoms with van der Waals surface area (Å²) in [5.74, 6) is 0.579. The van der Waals surface area contributed by atoms with Crippen LogP contribution >= 0.6 is 0 Å². The minimum atomic E-state index is -2.95. The maximum Gasteiger partial charge on any atom is 0.153 e. The van der Waals surface area contributed by atoms with Crippen LogP contribution < -0.4 is 0 Å².